The van der Waals surface area contributed by atoms with Crippen LogP contribution >= 0.6 is 0 Å². The summed E-state index contributed by atoms with van der Waals surface area (Å²) in [7, 11) is 0. The lowest BCUT2D eigenvalue weighted by atomic mass is 9.32. The van der Waals surface area contributed by atoms with E-state index < -0.39 is 88.2 Å². The molecule has 10 heteroatoms. The Morgan fingerprint density at radius 2 is 1.50 bits per heavy atom. The molecule has 0 spiro atoms. The Balaban J connectivity index is 1.52. The van der Waals surface area contributed by atoms with Gasteiger partial charge in [-0.15, -0.1) is 0 Å². The summed E-state index contributed by atoms with van der Waals surface area (Å²) in [5.74, 6) is -3.04. The third-order valence-corrected chi connectivity index (χ3v) is 15.4. The molecule has 1 aliphatic heterocycles. The largest absolute Gasteiger partial charge is 0.481 e. The van der Waals surface area contributed by atoms with Crippen LogP contribution < -0.4 is 0 Å². The fourth-order valence-electron chi connectivity index (χ4n) is 12.9. The van der Waals surface area contributed by atoms with E-state index >= 15 is 0 Å². The molecule has 5 aliphatic carbocycles. The van der Waals surface area contributed by atoms with Crippen LogP contribution in [0.1, 0.15) is 99.3 Å². The van der Waals surface area contributed by atoms with Gasteiger partial charge in [0, 0.05) is 5.92 Å². The lowest BCUT2D eigenvalue weighted by Crippen LogP contribution is -2.70. The lowest BCUT2D eigenvalue weighted by molar-refractivity contribution is -0.270. The molecule has 46 heavy (non-hydrogen) atoms. The molecule has 5 fully saturated rings. The number of ether oxygens (including phenoxy) is 1. The average molecular weight is 649 g/mol. The van der Waals surface area contributed by atoms with Gasteiger partial charge in [-0.3, -0.25) is 9.59 Å². The highest BCUT2D eigenvalue weighted by molar-refractivity contribution is 5.77. The molecule has 15 atom stereocenters. The van der Waals surface area contributed by atoms with Crippen LogP contribution in [0.3, 0.4) is 0 Å². The van der Waals surface area contributed by atoms with Gasteiger partial charge in [0.15, 0.2) is 0 Å². The van der Waals surface area contributed by atoms with Crippen LogP contribution in [0, 0.1) is 56.2 Å². The predicted octanol–water partition coefficient (Wildman–Crippen LogP) is 3.37. The van der Waals surface area contributed by atoms with Gasteiger partial charge in [-0.2, -0.15) is 0 Å². The van der Waals surface area contributed by atoms with E-state index in [1.807, 2.05) is 0 Å². The van der Waals surface area contributed by atoms with Crippen molar-refractivity contribution in [1.82, 2.24) is 0 Å². The summed E-state index contributed by atoms with van der Waals surface area (Å²) in [6.45, 7) is 12.2. The quantitative estimate of drug-likeness (QED) is 0.223. The fourth-order valence-corrected chi connectivity index (χ4v) is 12.9. The van der Waals surface area contributed by atoms with E-state index in [9.17, 15) is 45.3 Å². The topological polar surface area (TPSA) is 185 Å². The van der Waals surface area contributed by atoms with Gasteiger partial charge < -0.3 is 40.5 Å². The zero-order valence-corrected chi connectivity index (χ0v) is 28.3. The van der Waals surface area contributed by atoms with Gasteiger partial charge in [-0.25, -0.2) is 0 Å². The third-order valence-electron chi connectivity index (χ3n) is 15.4. The Morgan fingerprint density at radius 1 is 0.826 bits per heavy atom. The van der Waals surface area contributed by atoms with Gasteiger partial charge in [-0.05, 0) is 104 Å². The number of carboxylic acids is 2. The monoisotopic (exact) mass is 648 g/mol. The molecule has 6 aliphatic rings. The lowest BCUT2D eigenvalue weighted by Gasteiger charge is -2.72. The number of aliphatic hydroxyl groups excluding tert-OH is 5. The minimum absolute atomic E-state index is 0.0190. The first-order valence-corrected chi connectivity index (χ1v) is 17.4. The average Bonchev–Trinajstić information content (AvgIpc) is 2.95. The Morgan fingerprint density at radius 3 is 2.11 bits per heavy atom. The number of aliphatic hydroxyl groups is 5. The van der Waals surface area contributed by atoms with Crippen LogP contribution in [0.2, 0.25) is 0 Å². The summed E-state index contributed by atoms with van der Waals surface area (Å²) in [5.41, 5.74) is -2.79. The van der Waals surface area contributed by atoms with Crippen LogP contribution in [-0.2, 0) is 14.3 Å². The highest BCUT2D eigenvalue weighted by Gasteiger charge is 2.73. The van der Waals surface area contributed by atoms with Gasteiger partial charge in [-0.1, -0.05) is 46.3 Å². The molecule has 0 radical (unpaired) electrons. The first kappa shape index (κ1) is 34.3. The van der Waals surface area contributed by atoms with Crippen molar-refractivity contribution in [2.45, 2.75) is 136 Å². The Hall–Kier alpha value is -1.56. The van der Waals surface area contributed by atoms with Gasteiger partial charge in [0.2, 0.25) is 0 Å². The number of allylic oxidation sites excluding steroid dienone is 2. The Bertz CT molecular complexity index is 1300. The SMILES string of the molecule is CC1(C)CCC2(C(=O)O)C(C1)C1=CCC3C4(C)CC(O)CC(C)(C(=O)O)C4CCC3(C)C1(C)CC2C1OC(CO)C(O)C(O)C1O. The van der Waals surface area contributed by atoms with E-state index in [1.165, 1.54) is 0 Å². The smallest absolute Gasteiger partial charge is 0.310 e. The van der Waals surface area contributed by atoms with Crippen LogP contribution in [0.25, 0.3) is 0 Å². The van der Waals surface area contributed by atoms with Crippen LogP contribution in [0.4, 0.5) is 0 Å². The van der Waals surface area contributed by atoms with Crippen molar-refractivity contribution in [3.8, 4) is 0 Å². The molecule has 0 aromatic heterocycles. The van der Waals surface area contributed by atoms with Gasteiger partial charge in [0.25, 0.3) is 0 Å². The van der Waals surface area contributed by atoms with Crippen molar-refractivity contribution in [3.05, 3.63) is 11.6 Å². The second-order valence-corrected chi connectivity index (χ2v) is 17.9. The molecular formula is C36H56O10. The van der Waals surface area contributed by atoms with E-state index in [2.05, 4.69) is 40.7 Å². The molecule has 0 amide bonds. The zero-order valence-electron chi connectivity index (χ0n) is 28.3. The van der Waals surface area contributed by atoms with Gasteiger partial charge in [0.05, 0.1) is 29.6 Å². The van der Waals surface area contributed by atoms with E-state index in [1.54, 1.807) is 6.92 Å². The first-order valence-electron chi connectivity index (χ1n) is 17.4. The highest BCUT2D eigenvalue weighted by atomic mass is 16.5. The normalized spacial score (nSPS) is 54.7. The summed E-state index contributed by atoms with van der Waals surface area (Å²) in [6, 6.07) is 0. The number of fused-ring (bicyclic) bond motifs is 7. The second-order valence-electron chi connectivity index (χ2n) is 17.9. The van der Waals surface area contributed by atoms with Crippen molar-refractivity contribution in [3.63, 3.8) is 0 Å². The first-order chi connectivity index (χ1) is 21.2. The number of rotatable bonds is 4. The molecule has 6 rings (SSSR count). The molecule has 4 saturated carbocycles. The molecule has 260 valence electrons. The molecule has 0 aromatic rings. The molecule has 0 aromatic carbocycles. The predicted molar refractivity (Wildman–Crippen MR) is 167 cm³/mol. The summed E-state index contributed by atoms with van der Waals surface area (Å²) in [5, 5.41) is 75.9. The van der Waals surface area contributed by atoms with Gasteiger partial charge in [0.1, 0.15) is 24.4 Å². The molecule has 1 saturated heterocycles. The fraction of sp³-hybridized carbons (Fsp3) is 0.889. The second kappa shape index (κ2) is 10.7. The number of aliphatic carboxylic acids is 2. The molecule has 10 nitrogen and oxygen atoms in total. The van der Waals surface area contributed by atoms with Crippen molar-refractivity contribution in [2.24, 2.45) is 56.2 Å². The number of hydrogen-bond donors (Lipinski definition) is 7. The third kappa shape index (κ3) is 4.35. The summed E-state index contributed by atoms with van der Waals surface area (Å²) in [4.78, 5) is 26.5. The van der Waals surface area contributed by atoms with Crippen LogP contribution in [-0.4, -0.2) is 90.9 Å². The number of carboxylic acid groups (broad SMARTS) is 2. The minimum Gasteiger partial charge on any atom is -0.481 e. The Kier molecular flexibility index (Phi) is 7.99. The maximum Gasteiger partial charge on any atom is 0.310 e. The number of hydrogen-bond acceptors (Lipinski definition) is 8. The maximum atomic E-state index is 13.7. The summed E-state index contributed by atoms with van der Waals surface area (Å²) >= 11 is 0. The summed E-state index contributed by atoms with van der Waals surface area (Å²) in [6.07, 6.45) is -0.604. The van der Waals surface area contributed by atoms with Crippen molar-refractivity contribution in [1.29, 1.82) is 0 Å². The van der Waals surface area contributed by atoms with E-state index in [4.69, 9.17) is 4.74 Å². The Labute approximate surface area is 272 Å². The minimum atomic E-state index is -1.61. The van der Waals surface area contributed by atoms with E-state index in [0.717, 1.165) is 12.0 Å². The zero-order chi connectivity index (χ0) is 34.0. The standard InChI is InChI=1S/C36H56O10/c1-31(2)11-12-36(30(44)45)20(15-31)19-7-8-24-32(3)13-18(38)14-33(4,29(42)43)23(32)9-10-34(24,5)35(19,6)16-21(36)28-27(41)26(40)25(39)22(17-37)46-28/h7,18,20-28,37-41H,8-17H2,1-6H3,(H,42,43)(H,44,45). The molecule has 7 N–H and O–H groups in total. The molecule has 1 heterocycles. The molecule has 15 unspecified atom stereocenters. The molecule has 0 bridgehead atoms. The van der Waals surface area contributed by atoms with Crippen molar-refractivity contribution < 1.29 is 50.1 Å². The van der Waals surface area contributed by atoms with Crippen LogP contribution in [0.15, 0.2) is 11.6 Å². The highest BCUT2D eigenvalue weighted by Crippen LogP contribution is 2.77. The van der Waals surface area contributed by atoms with Crippen molar-refractivity contribution >= 4 is 11.9 Å². The summed E-state index contributed by atoms with van der Waals surface area (Å²) < 4.78 is 6.22. The van der Waals surface area contributed by atoms with Crippen LogP contribution in [0.5, 0.6) is 0 Å². The maximum absolute atomic E-state index is 13.7. The van der Waals surface area contributed by atoms with Crippen molar-refractivity contribution in [2.75, 3.05) is 6.61 Å². The van der Waals surface area contributed by atoms with Gasteiger partial charge >= 0.3 is 11.9 Å². The molecular weight excluding hydrogens is 592 g/mol. The number of carbonyl (C=O) groups is 2. The van der Waals surface area contributed by atoms with E-state index in [-0.39, 0.29) is 29.6 Å². The van der Waals surface area contributed by atoms with E-state index in [0.29, 0.717) is 44.9 Å².